The largest absolute Gasteiger partial charge is 0.393 e. The van der Waals surface area contributed by atoms with Gasteiger partial charge in [0.05, 0.1) is 6.10 Å². The zero-order chi connectivity index (χ0) is 10.5. The highest BCUT2D eigenvalue weighted by Crippen LogP contribution is 2.23. The maximum Gasteiger partial charge on any atom is 0.0583 e. The van der Waals surface area contributed by atoms with Gasteiger partial charge in [-0.3, -0.25) is 0 Å². The van der Waals surface area contributed by atoms with Gasteiger partial charge in [0, 0.05) is 0 Å². The molecule has 1 aliphatic carbocycles. The van der Waals surface area contributed by atoms with Crippen LogP contribution in [-0.4, -0.2) is 11.2 Å². The summed E-state index contributed by atoms with van der Waals surface area (Å²) in [5.74, 6) is 0.670. The van der Waals surface area contributed by atoms with Gasteiger partial charge in [0.2, 0.25) is 0 Å². The standard InChI is InChI=1S/C14H18O/c15-14(11-13-8-4-5-9-13)10-12-6-2-1-3-7-12/h1-7,13-15H,8-11H2. The van der Waals surface area contributed by atoms with E-state index in [1.54, 1.807) is 0 Å². The second-order valence-electron chi connectivity index (χ2n) is 4.39. The monoisotopic (exact) mass is 202 g/mol. The fraction of sp³-hybridized carbons (Fsp3) is 0.429. The lowest BCUT2D eigenvalue weighted by molar-refractivity contribution is 0.144. The molecular formula is C14H18O. The summed E-state index contributed by atoms with van der Waals surface area (Å²) in [4.78, 5) is 0. The van der Waals surface area contributed by atoms with Gasteiger partial charge in [0.15, 0.2) is 0 Å². The Labute approximate surface area is 91.4 Å². The van der Waals surface area contributed by atoms with E-state index in [1.807, 2.05) is 18.2 Å². The van der Waals surface area contributed by atoms with Crippen LogP contribution in [0, 0.1) is 5.92 Å². The highest BCUT2D eigenvalue weighted by atomic mass is 16.3. The smallest absolute Gasteiger partial charge is 0.0583 e. The summed E-state index contributed by atoms with van der Waals surface area (Å²) in [5.41, 5.74) is 1.23. The van der Waals surface area contributed by atoms with E-state index in [1.165, 1.54) is 5.56 Å². The van der Waals surface area contributed by atoms with Crippen LogP contribution in [0.1, 0.15) is 24.8 Å². The minimum absolute atomic E-state index is 0.183. The Morgan fingerprint density at radius 1 is 1.13 bits per heavy atom. The van der Waals surface area contributed by atoms with Gasteiger partial charge in [-0.2, -0.15) is 0 Å². The highest BCUT2D eigenvalue weighted by molar-refractivity contribution is 5.15. The lowest BCUT2D eigenvalue weighted by atomic mass is 9.95. The number of benzene rings is 1. The van der Waals surface area contributed by atoms with Crippen LogP contribution >= 0.6 is 0 Å². The van der Waals surface area contributed by atoms with E-state index in [-0.39, 0.29) is 6.10 Å². The molecule has 1 aromatic carbocycles. The maximum absolute atomic E-state index is 9.94. The van der Waals surface area contributed by atoms with Gasteiger partial charge < -0.3 is 5.11 Å². The van der Waals surface area contributed by atoms with E-state index in [9.17, 15) is 5.11 Å². The van der Waals surface area contributed by atoms with Crippen LogP contribution in [0.5, 0.6) is 0 Å². The molecule has 2 rings (SSSR count). The van der Waals surface area contributed by atoms with Crippen LogP contribution in [0.2, 0.25) is 0 Å². The Balaban J connectivity index is 1.79. The topological polar surface area (TPSA) is 20.2 Å². The first-order valence-electron chi connectivity index (χ1n) is 5.71. The molecule has 0 aliphatic heterocycles. The van der Waals surface area contributed by atoms with Gasteiger partial charge in [-0.25, -0.2) is 0 Å². The number of aliphatic hydroxyl groups is 1. The number of rotatable bonds is 4. The van der Waals surface area contributed by atoms with Crippen LogP contribution in [0.25, 0.3) is 0 Å². The SMILES string of the molecule is OC(Cc1ccccc1)CC1CC=CC1. The van der Waals surface area contributed by atoms with Crippen molar-refractivity contribution in [3.05, 3.63) is 48.0 Å². The fourth-order valence-corrected chi connectivity index (χ4v) is 2.22. The molecule has 0 heterocycles. The van der Waals surface area contributed by atoms with Gasteiger partial charge in [-0.1, -0.05) is 42.5 Å². The molecule has 0 radical (unpaired) electrons. The molecule has 1 N–H and O–H groups in total. The highest BCUT2D eigenvalue weighted by Gasteiger charge is 2.15. The lowest BCUT2D eigenvalue weighted by Gasteiger charge is -2.15. The molecule has 1 aliphatic rings. The van der Waals surface area contributed by atoms with Crippen molar-refractivity contribution < 1.29 is 5.11 Å². The average molecular weight is 202 g/mol. The molecule has 1 atom stereocenters. The number of allylic oxidation sites excluding steroid dienone is 2. The summed E-state index contributed by atoms with van der Waals surface area (Å²) >= 11 is 0. The molecule has 15 heavy (non-hydrogen) atoms. The molecule has 0 fully saturated rings. The molecule has 80 valence electrons. The quantitative estimate of drug-likeness (QED) is 0.744. The Bertz CT molecular complexity index is 307. The van der Waals surface area contributed by atoms with E-state index in [2.05, 4.69) is 24.3 Å². The van der Waals surface area contributed by atoms with Crippen LogP contribution in [0.15, 0.2) is 42.5 Å². The van der Waals surface area contributed by atoms with Gasteiger partial charge in [-0.05, 0) is 37.2 Å². The van der Waals surface area contributed by atoms with Crippen LogP contribution in [0.3, 0.4) is 0 Å². The molecule has 0 amide bonds. The third-order valence-corrected chi connectivity index (χ3v) is 3.03. The van der Waals surface area contributed by atoms with Crippen LogP contribution < -0.4 is 0 Å². The van der Waals surface area contributed by atoms with Crippen molar-refractivity contribution in [2.75, 3.05) is 0 Å². The van der Waals surface area contributed by atoms with Gasteiger partial charge in [-0.15, -0.1) is 0 Å². The number of hydrogen-bond donors (Lipinski definition) is 1. The number of hydrogen-bond acceptors (Lipinski definition) is 1. The normalized spacial score (nSPS) is 18.2. The van der Waals surface area contributed by atoms with E-state index in [0.29, 0.717) is 5.92 Å². The van der Waals surface area contributed by atoms with Gasteiger partial charge in [0.1, 0.15) is 0 Å². The van der Waals surface area contributed by atoms with Crippen molar-refractivity contribution >= 4 is 0 Å². The molecule has 1 nitrogen and oxygen atoms in total. The van der Waals surface area contributed by atoms with Crippen molar-refractivity contribution in [1.82, 2.24) is 0 Å². The first kappa shape index (κ1) is 10.4. The van der Waals surface area contributed by atoms with Crippen molar-refractivity contribution in [3.8, 4) is 0 Å². The Kier molecular flexibility index (Phi) is 3.57. The first-order chi connectivity index (χ1) is 7.34. The predicted octanol–water partition coefficient (Wildman–Crippen LogP) is 2.95. The Hall–Kier alpha value is -1.08. The van der Waals surface area contributed by atoms with E-state index in [4.69, 9.17) is 0 Å². The Morgan fingerprint density at radius 3 is 2.47 bits per heavy atom. The summed E-state index contributed by atoms with van der Waals surface area (Å²) in [6, 6.07) is 10.2. The lowest BCUT2D eigenvalue weighted by Crippen LogP contribution is -2.14. The zero-order valence-electron chi connectivity index (χ0n) is 8.97. The molecule has 0 saturated carbocycles. The summed E-state index contributed by atoms with van der Waals surface area (Å²) in [6.45, 7) is 0. The summed E-state index contributed by atoms with van der Waals surface area (Å²) < 4.78 is 0. The van der Waals surface area contributed by atoms with Gasteiger partial charge in [0.25, 0.3) is 0 Å². The van der Waals surface area contributed by atoms with E-state index in [0.717, 1.165) is 25.7 Å². The second-order valence-corrected chi connectivity index (χ2v) is 4.39. The average Bonchev–Trinajstić information content (AvgIpc) is 2.71. The van der Waals surface area contributed by atoms with Crippen LogP contribution in [-0.2, 0) is 6.42 Å². The molecular weight excluding hydrogens is 184 g/mol. The minimum atomic E-state index is -0.183. The molecule has 0 aromatic heterocycles. The van der Waals surface area contributed by atoms with E-state index < -0.39 is 0 Å². The van der Waals surface area contributed by atoms with E-state index >= 15 is 0 Å². The number of aliphatic hydroxyl groups excluding tert-OH is 1. The molecule has 0 saturated heterocycles. The maximum atomic E-state index is 9.94. The van der Waals surface area contributed by atoms with Crippen molar-refractivity contribution in [2.24, 2.45) is 5.92 Å². The predicted molar refractivity (Wildman–Crippen MR) is 62.6 cm³/mol. The third kappa shape index (κ3) is 3.21. The Morgan fingerprint density at radius 2 is 1.80 bits per heavy atom. The van der Waals surface area contributed by atoms with Crippen molar-refractivity contribution in [3.63, 3.8) is 0 Å². The summed E-state index contributed by atoms with van der Waals surface area (Å²) in [6.07, 6.45) is 8.27. The first-order valence-corrected chi connectivity index (χ1v) is 5.71. The molecule has 1 unspecified atom stereocenters. The molecule has 0 spiro atoms. The van der Waals surface area contributed by atoms with Gasteiger partial charge >= 0.3 is 0 Å². The molecule has 0 bridgehead atoms. The molecule has 1 heteroatoms. The second kappa shape index (κ2) is 5.13. The minimum Gasteiger partial charge on any atom is -0.393 e. The third-order valence-electron chi connectivity index (χ3n) is 3.03. The summed E-state index contributed by atoms with van der Waals surface area (Å²) in [7, 11) is 0. The zero-order valence-corrected chi connectivity index (χ0v) is 8.97. The fourth-order valence-electron chi connectivity index (χ4n) is 2.22. The molecule has 1 aromatic rings. The van der Waals surface area contributed by atoms with Crippen molar-refractivity contribution in [2.45, 2.75) is 31.8 Å². The summed E-state index contributed by atoms with van der Waals surface area (Å²) in [5, 5.41) is 9.94. The van der Waals surface area contributed by atoms with Crippen molar-refractivity contribution in [1.29, 1.82) is 0 Å². The van der Waals surface area contributed by atoms with Crippen LogP contribution in [0.4, 0.5) is 0 Å².